The van der Waals surface area contributed by atoms with Crippen LogP contribution in [0.15, 0.2) is 23.4 Å². The third-order valence-corrected chi connectivity index (χ3v) is 6.55. The molecule has 0 radical (unpaired) electrons. The minimum Gasteiger partial charge on any atom is -0.444 e. The zero-order chi connectivity index (χ0) is 19.7. The molecule has 0 aliphatic heterocycles. The molecule has 5 nitrogen and oxygen atoms in total. The molecule has 0 saturated heterocycles. The van der Waals surface area contributed by atoms with Crippen LogP contribution in [0.5, 0.6) is 0 Å². The fraction of sp³-hybridized carbons (Fsp3) is 0.579. The molecule has 1 N–H and O–H groups in total. The van der Waals surface area contributed by atoms with E-state index in [1.165, 1.54) is 5.56 Å². The van der Waals surface area contributed by atoms with Gasteiger partial charge in [0, 0.05) is 6.20 Å². The Morgan fingerprint density at radius 1 is 1.31 bits per heavy atom. The van der Waals surface area contributed by atoms with Crippen LogP contribution in [0.3, 0.4) is 0 Å². The Kier molecular flexibility index (Phi) is 6.23. The van der Waals surface area contributed by atoms with Crippen LogP contribution in [0.25, 0.3) is 5.52 Å². The minimum atomic E-state index is -0.669. The van der Waals surface area contributed by atoms with E-state index in [1.807, 2.05) is 46.9 Å². The van der Waals surface area contributed by atoms with E-state index in [4.69, 9.17) is 9.72 Å². The molecule has 0 aromatic carbocycles. The number of aromatic nitrogens is 2. The van der Waals surface area contributed by atoms with Crippen LogP contribution in [0.4, 0.5) is 4.79 Å². The van der Waals surface area contributed by atoms with Crippen molar-refractivity contribution < 1.29 is 9.53 Å². The molecule has 144 valence electrons. The maximum absolute atomic E-state index is 12.3. The van der Waals surface area contributed by atoms with Crippen LogP contribution in [-0.4, -0.2) is 38.7 Å². The highest BCUT2D eigenvalue weighted by Gasteiger charge is 2.31. The summed E-state index contributed by atoms with van der Waals surface area (Å²) in [6.07, 6.45) is 6.02. The van der Waals surface area contributed by atoms with Gasteiger partial charge >= 0.3 is 6.09 Å². The number of carbonyl (C=O) groups is 1. The van der Waals surface area contributed by atoms with E-state index in [0.29, 0.717) is 10.9 Å². The van der Waals surface area contributed by atoms with Crippen LogP contribution in [0, 0.1) is 6.92 Å². The molecule has 2 rings (SSSR count). The van der Waals surface area contributed by atoms with Crippen molar-refractivity contribution in [3.05, 3.63) is 29.7 Å². The summed E-state index contributed by atoms with van der Waals surface area (Å²) in [5.41, 5.74) is 1.08. The van der Waals surface area contributed by atoms with E-state index >= 15 is 0 Å². The highest BCUT2D eigenvalue weighted by Crippen LogP contribution is 2.31. The van der Waals surface area contributed by atoms with E-state index in [1.54, 1.807) is 11.8 Å². The van der Waals surface area contributed by atoms with Gasteiger partial charge in [0.15, 0.2) is 5.08 Å². The molecule has 0 fully saturated rings. The lowest BCUT2D eigenvalue weighted by Crippen LogP contribution is -2.44. The average Bonchev–Trinajstić information content (AvgIpc) is 2.83. The number of fused-ring (bicyclic) bond motifs is 1. The molecule has 0 spiro atoms. The Hall–Kier alpha value is -1.34. The van der Waals surface area contributed by atoms with Crippen molar-refractivity contribution in [2.75, 3.05) is 17.6 Å². The van der Waals surface area contributed by atoms with Gasteiger partial charge in [-0.1, -0.05) is 17.8 Å². The number of amides is 1. The lowest BCUT2D eigenvalue weighted by atomic mass is 10.1. The lowest BCUT2D eigenvalue weighted by Gasteiger charge is -2.27. The molecule has 0 aliphatic carbocycles. The maximum atomic E-state index is 12.3. The Bertz CT molecular complexity index is 792. The molecule has 0 unspecified atom stereocenters. The molecule has 2 aromatic rings. The van der Waals surface area contributed by atoms with E-state index in [0.717, 1.165) is 21.5 Å². The number of thioether (sulfide) groups is 1. The molecule has 7 heteroatoms. The summed E-state index contributed by atoms with van der Waals surface area (Å²) in [5, 5.41) is 5.01. The molecule has 26 heavy (non-hydrogen) atoms. The summed E-state index contributed by atoms with van der Waals surface area (Å²) in [6, 6.07) is 4.10. The SMILES string of the molecule is Cc1cccn2c(C(C)(C)NC(=O)OC(C)(C)C)nc(SC[S+](C)C)c12. The second-order valence-corrected chi connectivity index (χ2v) is 11.7. The number of aryl methyl sites for hydroxylation is 1. The molecule has 2 aromatic heterocycles. The Labute approximate surface area is 163 Å². The second-order valence-electron chi connectivity index (χ2n) is 8.15. The standard InChI is InChI=1S/C19H29N3O2S2/c1-13-10-9-11-22-14(13)15(25-12-26(7)8)20-16(22)19(5,6)21-17(23)24-18(2,3)4/h9-11H,12H2,1-8H3/p+1. The van der Waals surface area contributed by atoms with Crippen molar-refractivity contribution in [1.82, 2.24) is 14.7 Å². The molecule has 0 aliphatic rings. The Morgan fingerprint density at radius 2 is 1.96 bits per heavy atom. The Morgan fingerprint density at radius 3 is 2.54 bits per heavy atom. The highest BCUT2D eigenvalue weighted by molar-refractivity contribution is 8.14. The number of carbonyl (C=O) groups excluding carboxylic acids is 1. The summed E-state index contributed by atoms with van der Waals surface area (Å²) in [7, 11) is 0.326. The van der Waals surface area contributed by atoms with Gasteiger partial charge in [-0.25, -0.2) is 9.78 Å². The predicted octanol–water partition coefficient (Wildman–Crippen LogP) is 4.33. The second kappa shape index (κ2) is 7.72. The van der Waals surface area contributed by atoms with Gasteiger partial charge in [-0.05, 0) is 64.1 Å². The summed E-state index contributed by atoms with van der Waals surface area (Å²) in [6.45, 7) is 11.6. The summed E-state index contributed by atoms with van der Waals surface area (Å²) in [5.74, 6) is 0.802. The molecular formula is C19H30N3O2S2+. The van der Waals surface area contributed by atoms with Crippen LogP contribution < -0.4 is 5.32 Å². The van der Waals surface area contributed by atoms with Crippen LogP contribution in [-0.2, 0) is 21.2 Å². The third kappa shape index (κ3) is 5.10. The summed E-state index contributed by atoms with van der Waals surface area (Å²) in [4.78, 5) is 17.2. The number of hydrogen-bond acceptors (Lipinski definition) is 4. The van der Waals surface area contributed by atoms with Crippen molar-refractivity contribution in [3.63, 3.8) is 0 Å². The monoisotopic (exact) mass is 396 g/mol. The molecule has 0 atom stereocenters. The molecule has 0 bridgehead atoms. The van der Waals surface area contributed by atoms with Crippen LogP contribution in [0.1, 0.15) is 46.0 Å². The number of imidazole rings is 1. The first-order chi connectivity index (χ1) is 11.9. The average molecular weight is 397 g/mol. The summed E-state index contributed by atoms with van der Waals surface area (Å²) < 4.78 is 7.51. The predicted molar refractivity (Wildman–Crippen MR) is 112 cm³/mol. The van der Waals surface area contributed by atoms with Crippen molar-refractivity contribution in [2.45, 2.75) is 57.7 Å². The fourth-order valence-corrected chi connectivity index (χ4v) is 4.53. The van der Waals surface area contributed by atoms with E-state index in [9.17, 15) is 4.79 Å². The van der Waals surface area contributed by atoms with Gasteiger partial charge in [0.05, 0.1) is 23.6 Å². The number of nitrogens with zero attached hydrogens (tertiary/aromatic N) is 2. The Balaban J connectivity index is 2.41. The van der Waals surface area contributed by atoms with Crippen LogP contribution >= 0.6 is 11.8 Å². The molecule has 0 saturated carbocycles. The van der Waals surface area contributed by atoms with Gasteiger partial charge < -0.3 is 14.5 Å². The van der Waals surface area contributed by atoms with Crippen LogP contribution in [0.2, 0.25) is 0 Å². The van der Waals surface area contributed by atoms with Gasteiger partial charge in [0.25, 0.3) is 0 Å². The first-order valence-electron chi connectivity index (χ1n) is 8.57. The zero-order valence-corrected chi connectivity index (χ0v) is 18.6. The minimum absolute atomic E-state index is 0.326. The largest absolute Gasteiger partial charge is 0.444 e. The maximum Gasteiger partial charge on any atom is 0.408 e. The summed E-state index contributed by atoms with van der Waals surface area (Å²) >= 11 is 1.77. The van der Waals surface area contributed by atoms with Gasteiger partial charge in [-0.15, -0.1) is 0 Å². The molecule has 2 heterocycles. The van der Waals surface area contributed by atoms with Crippen molar-refractivity contribution in [2.24, 2.45) is 0 Å². The van der Waals surface area contributed by atoms with E-state index in [-0.39, 0.29) is 0 Å². The number of hydrogen-bond donors (Lipinski definition) is 1. The zero-order valence-electron chi connectivity index (χ0n) is 17.0. The topological polar surface area (TPSA) is 55.6 Å². The normalized spacial score (nSPS) is 12.7. The third-order valence-electron chi connectivity index (χ3n) is 3.64. The number of pyridine rings is 1. The number of rotatable bonds is 5. The number of nitrogens with one attached hydrogen (secondary N) is 1. The van der Waals surface area contributed by atoms with E-state index < -0.39 is 17.2 Å². The van der Waals surface area contributed by atoms with Gasteiger partial charge in [-0.3, -0.25) is 0 Å². The number of alkyl carbamates (subject to hydrolysis) is 1. The quantitative estimate of drug-likeness (QED) is 0.604. The first-order valence-corrected chi connectivity index (χ1v) is 11.8. The van der Waals surface area contributed by atoms with Gasteiger partial charge in [0.1, 0.15) is 16.5 Å². The van der Waals surface area contributed by atoms with E-state index in [2.05, 4.69) is 35.2 Å². The van der Waals surface area contributed by atoms with Crippen molar-refractivity contribution in [3.8, 4) is 0 Å². The lowest BCUT2D eigenvalue weighted by molar-refractivity contribution is 0.0465. The first kappa shape index (κ1) is 21.0. The van der Waals surface area contributed by atoms with Crippen molar-refractivity contribution >= 4 is 34.3 Å². The van der Waals surface area contributed by atoms with Gasteiger partial charge in [-0.2, -0.15) is 0 Å². The van der Waals surface area contributed by atoms with Gasteiger partial charge in [0.2, 0.25) is 0 Å². The highest BCUT2D eigenvalue weighted by atomic mass is 32.2. The fourth-order valence-electron chi connectivity index (χ4n) is 2.60. The number of ether oxygens (including phenoxy) is 1. The molecule has 1 amide bonds. The molecular weight excluding hydrogens is 366 g/mol. The smallest absolute Gasteiger partial charge is 0.408 e. The van der Waals surface area contributed by atoms with Crippen molar-refractivity contribution in [1.29, 1.82) is 0 Å².